The van der Waals surface area contributed by atoms with Crippen LogP contribution in [0, 0.1) is 13.8 Å². The van der Waals surface area contributed by atoms with Crippen LogP contribution < -0.4 is 5.32 Å². The molecule has 2 rings (SSSR count). The molecule has 0 spiro atoms. The fourth-order valence-corrected chi connectivity index (χ4v) is 3.15. The smallest absolute Gasteiger partial charge is 0.0305 e. The monoisotopic (exact) mass is 248 g/mol. The molecule has 0 fully saturated rings. The molecule has 1 unspecified atom stereocenters. The van der Waals surface area contributed by atoms with E-state index in [0.717, 1.165) is 6.54 Å². The van der Waals surface area contributed by atoms with Crippen molar-refractivity contribution in [3.63, 3.8) is 0 Å². The number of hydrogen-bond donors (Lipinski definition) is 1. The molecule has 2 heterocycles. The van der Waals surface area contributed by atoms with Gasteiger partial charge >= 0.3 is 0 Å². The lowest BCUT2D eigenvalue weighted by Gasteiger charge is -2.13. The summed E-state index contributed by atoms with van der Waals surface area (Å²) < 4.78 is 2.08. The van der Waals surface area contributed by atoms with Crippen LogP contribution in [0.4, 0.5) is 0 Å². The number of nitrogens with zero attached hydrogens (tertiary/aromatic N) is 1. The van der Waals surface area contributed by atoms with Gasteiger partial charge in [-0.15, -0.1) is 11.3 Å². The summed E-state index contributed by atoms with van der Waals surface area (Å²) in [7, 11) is 2.05. The first-order chi connectivity index (χ1) is 8.06. The molecule has 17 heavy (non-hydrogen) atoms. The number of aryl methyl sites for hydroxylation is 3. The summed E-state index contributed by atoms with van der Waals surface area (Å²) in [5.41, 5.74) is 2.77. The third kappa shape index (κ3) is 2.99. The highest BCUT2D eigenvalue weighted by Crippen LogP contribution is 2.26. The second-order valence-corrected chi connectivity index (χ2v) is 6.12. The van der Waals surface area contributed by atoms with Crippen LogP contribution in [0.3, 0.4) is 0 Å². The molecule has 1 N–H and O–H groups in total. The van der Waals surface area contributed by atoms with Crippen LogP contribution in [0.25, 0.3) is 0 Å². The first-order valence-corrected chi connectivity index (χ1v) is 6.79. The van der Waals surface area contributed by atoms with E-state index in [2.05, 4.69) is 62.2 Å². The van der Waals surface area contributed by atoms with Gasteiger partial charge in [-0.2, -0.15) is 0 Å². The molecule has 0 aliphatic heterocycles. The molecule has 2 aromatic rings. The topological polar surface area (TPSA) is 17.0 Å². The van der Waals surface area contributed by atoms with Crippen molar-refractivity contribution in [3.8, 4) is 0 Å². The van der Waals surface area contributed by atoms with Gasteiger partial charge in [-0.05, 0) is 44.0 Å². The summed E-state index contributed by atoms with van der Waals surface area (Å²) in [4.78, 5) is 2.82. The predicted octanol–water partition coefficient (Wildman–Crippen LogP) is 3.55. The van der Waals surface area contributed by atoms with Crippen molar-refractivity contribution in [2.24, 2.45) is 7.05 Å². The second-order valence-electron chi connectivity index (χ2n) is 4.66. The highest BCUT2D eigenvalue weighted by molar-refractivity contribution is 7.12. The van der Waals surface area contributed by atoms with E-state index in [-0.39, 0.29) is 0 Å². The van der Waals surface area contributed by atoms with Crippen molar-refractivity contribution in [1.82, 2.24) is 9.88 Å². The Morgan fingerprint density at radius 2 is 2.18 bits per heavy atom. The van der Waals surface area contributed by atoms with Crippen LogP contribution in [0.1, 0.15) is 33.8 Å². The normalized spacial score (nSPS) is 12.9. The molecule has 0 saturated carbocycles. The molecule has 2 aromatic heterocycles. The van der Waals surface area contributed by atoms with Gasteiger partial charge in [-0.25, -0.2) is 0 Å². The van der Waals surface area contributed by atoms with E-state index < -0.39 is 0 Å². The lowest BCUT2D eigenvalue weighted by atomic mass is 10.1. The van der Waals surface area contributed by atoms with Crippen molar-refractivity contribution in [2.75, 3.05) is 0 Å². The summed E-state index contributed by atoms with van der Waals surface area (Å²) in [6.07, 6.45) is 4.24. The summed E-state index contributed by atoms with van der Waals surface area (Å²) in [5.74, 6) is 0. The number of thiophene rings is 1. The Morgan fingerprint density at radius 3 is 2.71 bits per heavy atom. The Labute approximate surface area is 107 Å². The molecule has 1 atom stereocenters. The average Bonchev–Trinajstić information content (AvgIpc) is 2.81. The van der Waals surface area contributed by atoms with E-state index in [1.807, 2.05) is 11.3 Å². The van der Waals surface area contributed by atoms with Crippen LogP contribution >= 0.6 is 11.3 Å². The number of hydrogen-bond acceptors (Lipinski definition) is 2. The fraction of sp³-hybridized carbons (Fsp3) is 0.429. The van der Waals surface area contributed by atoms with Crippen LogP contribution in [-0.4, -0.2) is 4.57 Å². The summed E-state index contributed by atoms with van der Waals surface area (Å²) in [6, 6.07) is 4.87. The molecule has 92 valence electrons. The maximum atomic E-state index is 3.58. The van der Waals surface area contributed by atoms with Crippen molar-refractivity contribution < 1.29 is 0 Å². The van der Waals surface area contributed by atoms with Crippen molar-refractivity contribution >= 4 is 11.3 Å². The molecule has 0 aliphatic carbocycles. The first-order valence-electron chi connectivity index (χ1n) is 5.97. The highest BCUT2D eigenvalue weighted by atomic mass is 32.1. The van der Waals surface area contributed by atoms with Gasteiger partial charge in [0.2, 0.25) is 0 Å². The van der Waals surface area contributed by atoms with E-state index in [4.69, 9.17) is 0 Å². The minimum Gasteiger partial charge on any atom is -0.357 e. The van der Waals surface area contributed by atoms with Gasteiger partial charge in [0.15, 0.2) is 0 Å². The van der Waals surface area contributed by atoms with Crippen LogP contribution in [0.15, 0.2) is 24.5 Å². The van der Waals surface area contributed by atoms with Crippen molar-refractivity contribution in [1.29, 1.82) is 0 Å². The molecule has 0 aromatic carbocycles. The predicted molar refractivity (Wildman–Crippen MR) is 74.5 cm³/mol. The van der Waals surface area contributed by atoms with E-state index in [0.29, 0.717) is 6.04 Å². The van der Waals surface area contributed by atoms with Crippen LogP contribution in [0.2, 0.25) is 0 Å². The van der Waals surface area contributed by atoms with Gasteiger partial charge in [0.25, 0.3) is 0 Å². The molecular formula is C14H20N2S. The Kier molecular flexibility index (Phi) is 3.69. The van der Waals surface area contributed by atoms with Crippen LogP contribution in [0.5, 0.6) is 0 Å². The maximum absolute atomic E-state index is 3.58. The standard InChI is InChI=1S/C14H20N2S/c1-10-7-14(12(3)17-10)11(2)15-8-13-5-6-16(4)9-13/h5-7,9,11,15H,8H2,1-4H3. The molecule has 0 radical (unpaired) electrons. The Balaban J connectivity index is 1.97. The Morgan fingerprint density at radius 1 is 1.41 bits per heavy atom. The molecule has 3 heteroatoms. The second kappa shape index (κ2) is 5.07. The van der Waals surface area contributed by atoms with E-state index >= 15 is 0 Å². The average molecular weight is 248 g/mol. The zero-order valence-corrected chi connectivity index (χ0v) is 11.8. The lowest BCUT2D eigenvalue weighted by Crippen LogP contribution is -2.17. The molecule has 2 nitrogen and oxygen atoms in total. The largest absolute Gasteiger partial charge is 0.357 e. The minimum absolute atomic E-state index is 0.417. The van der Waals surface area contributed by atoms with Crippen molar-refractivity contribution in [3.05, 3.63) is 45.4 Å². The highest BCUT2D eigenvalue weighted by Gasteiger charge is 2.10. The Bertz CT molecular complexity index is 496. The summed E-state index contributed by atoms with van der Waals surface area (Å²) in [5, 5.41) is 3.58. The quantitative estimate of drug-likeness (QED) is 0.875. The summed E-state index contributed by atoms with van der Waals surface area (Å²) >= 11 is 1.88. The number of rotatable bonds is 4. The first kappa shape index (κ1) is 12.4. The van der Waals surface area contributed by atoms with Gasteiger partial charge in [-0.1, -0.05) is 0 Å². The van der Waals surface area contributed by atoms with Gasteiger partial charge in [0.05, 0.1) is 0 Å². The third-order valence-corrected chi connectivity index (χ3v) is 4.03. The Hall–Kier alpha value is -1.06. The molecule has 0 bridgehead atoms. The third-order valence-electron chi connectivity index (χ3n) is 3.05. The minimum atomic E-state index is 0.417. The van der Waals surface area contributed by atoms with Gasteiger partial charge in [0.1, 0.15) is 0 Å². The van der Waals surface area contributed by atoms with E-state index in [9.17, 15) is 0 Å². The lowest BCUT2D eigenvalue weighted by molar-refractivity contribution is 0.573. The molecule has 0 saturated heterocycles. The molecular weight excluding hydrogens is 228 g/mol. The summed E-state index contributed by atoms with van der Waals surface area (Å²) in [6.45, 7) is 7.53. The SMILES string of the molecule is Cc1cc(C(C)NCc2ccn(C)c2)c(C)s1. The van der Waals surface area contributed by atoms with Crippen LogP contribution in [-0.2, 0) is 13.6 Å². The van der Waals surface area contributed by atoms with Crippen molar-refractivity contribution in [2.45, 2.75) is 33.4 Å². The molecule has 0 aliphatic rings. The van der Waals surface area contributed by atoms with Gasteiger partial charge in [-0.3, -0.25) is 0 Å². The van der Waals surface area contributed by atoms with Gasteiger partial charge < -0.3 is 9.88 Å². The van der Waals surface area contributed by atoms with E-state index in [1.165, 1.54) is 20.9 Å². The van der Waals surface area contributed by atoms with Gasteiger partial charge in [0, 0.05) is 41.8 Å². The fourth-order valence-electron chi connectivity index (χ4n) is 2.13. The zero-order valence-electron chi connectivity index (χ0n) is 10.9. The number of aromatic nitrogens is 1. The van der Waals surface area contributed by atoms with E-state index in [1.54, 1.807) is 0 Å². The molecule has 0 amide bonds. The number of nitrogens with one attached hydrogen (secondary N) is 1. The zero-order chi connectivity index (χ0) is 12.4. The maximum Gasteiger partial charge on any atom is 0.0305 e.